The summed E-state index contributed by atoms with van der Waals surface area (Å²) >= 11 is 0. The van der Waals surface area contributed by atoms with Crippen molar-refractivity contribution in [3.8, 4) is 5.75 Å². The van der Waals surface area contributed by atoms with Crippen LogP contribution in [-0.2, 0) is 30.4 Å². The van der Waals surface area contributed by atoms with Gasteiger partial charge in [-0.3, -0.25) is 24.2 Å². The van der Waals surface area contributed by atoms with Crippen molar-refractivity contribution in [2.45, 2.75) is 49.9 Å². The number of hydrogen-bond acceptors (Lipinski definition) is 9. The van der Waals surface area contributed by atoms with Crippen molar-refractivity contribution >= 4 is 35.6 Å². The van der Waals surface area contributed by atoms with Crippen LogP contribution in [-0.4, -0.2) is 93.4 Å². The largest absolute Gasteiger partial charge is 0.508 e. The summed E-state index contributed by atoms with van der Waals surface area (Å²) in [5.74, 6) is -5.83. The third-order valence-electron chi connectivity index (χ3n) is 5.12. The van der Waals surface area contributed by atoms with Crippen molar-refractivity contribution in [3.63, 3.8) is 0 Å². The number of nitrogens with one attached hydrogen (secondary N) is 3. The van der Waals surface area contributed by atoms with Gasteiger partial charge in [-0.2, -0.15) is 0 Å². The number of carbonyl (C=O) groups is 5. The Balaban J connectivity index is 3.03. The number of benzene rings is 1. The minimum absolute atomic E-state index is 0.0332. The minimum Gasteiger partial charge on any atom is -0.508 e. The normalized spacial score (nSPS) is 13.7. The highest BCUT2D eigenvalue weighted by atomic mass is 16.4. The minimum atomic E-state index is -1.59. The summed E-state index contributed by atoms with van der Waals surface area (Å²) in [6.07, 6.45) is -0.687. The number of aliphatic hydroxyl groups excluding tert-OH is 1. The topological polar surface area (TPSA) is 293 Å². The van der Waals surface area contributed by atoms with Gasteiger partial charge in [0, 0.05) is 13.0 Å². The molecule has 0 heterocycles. The predicted octanol–water partition coefficient (Wildman–Crippen LogP) is -3.68. The summed E-state index contributed by atoms with van der Waals surface area (Å²) in [5.41, 5.74) is 16.4. The first-order chi connectivity index (χ1) is 17.8. The zero-order valence-corrected chi connectivity index (χ0v) is 20.4. The lowest BCUT2D eigenvalue weighted by atomic mass is 10.0. The molecule has 0 fully saturated rings. The van der Waals surface area contributed by atoms with Crippen LogP contribution < -0.4 is 33.2 Å². The molecule has 16 nitrogen and oxygen atoms in total. The monoisotopic (exact) mass is 539 g/mol. The Bertz CT molecular complexity index is 1010. The fraction of sp³-hybridized carbons (Fsp3) is 0.455. The van der Waals surface area contributed by atoms with E-state index in [0.29, 0.717) is 5.56 Å². The van der Waals surface area contributed by atoms with E-state index in [-0.39, 0.29) is 37.5 Å². The molecule has 0 aromatic heterocycles. The Kier molecular flexibility index (Phi) is 13.0. The van der Waals surface area contributed by atoms with E-state index in [0.717, 1.165) is 0 Å². The van der Waals surface area contributed by atoms with Crippen LogP contribution in [0.25, 0.3) is 0 Å². The van der Waals surface area contributed by atoms with Gasteiger partial charge in [-0.15, -0.1) is 0 Å². The molecule has 1 rings (SSSR count). The van der Waals surface area contributed by atoms with E-state index < -0.39 is 66.9 Å². The SMILES string of the molecule is NC(N)=NCCCC(NC(=O)C(Cc1ccc(O)cc1)NC(=O)C(CO)NC(=O)C(N)CC(=O)O)C(=O)O. The molecule has 0 bridgehead atoms. The number of aliphatic imine (C=N–C) groups is 1. The number of carboxylic acids is 2. The van der Waals surface area contributed by atoms with Gasteiger partial charge >= 0.3 is 11.9 Å². The number of carbonyl (C=O) groups excluding carboxylic acids is 3. The third-order valence-corrected chi connectivity index (χ3v) is 5.12. The molecule has 38 heavy (non-hydrogen) atoms. The van der Waals surface area contributed by atoms with Gasteiger partial charge in [0.15, 0.2) is 5.96 Å². The van der Waals surface area contributed by atoms with Gasteiger partial charge in [-0.25, -0.2) is 4.79 Å². The molecule has 13 N–H and O–H groups in total. The van der Waals surface area contributed by atoms with Crippen molar-refractivity contribution < 1.29 is 44.4 Å². The van der Waals surface area contributed by atoms with E-state index in [1.807, 2.05) is 0 Å². The molecule has 16 heteroatoms. The summed E-state index contributed by atoms with van der Waals surface area (Å²) < 4.78 is 0. The molecule has 0 aliphatic rings. The van der Waals surface area contributed by atoms with Crippen molar-refractivity contribution in [2.75, 3.05) is 13.2 Å². The summed E-state index contributed by atoms with van der Waals surface area (Å²) in [6.45, 7) is -0.787. The van der Waals surface area contributed by atoms with Crippen LogP contribution in [0.3, 0.4) is 0 Å². The lowest BCUT2D eigenvalue weighted by molar-refractivity contribution is -0.142. The van der Waals surface area contributed by atoms with E-state index in [1.165, 1.54) is 24.3 Å². The van der Waals surface area contributed by atoms with E-state index in [4.69, 9.17) is 22.3 Å². The fourth-order valence-electron chi connectivity index (χ4n) is 3.14. The summed E-state index contributed by atoms with van der Waals surface area (Å²) in [6, 6.07) is -0.173. The quantitative estimate of drug-likeness (QED) is 0.0552. The number of nitrogens with two attached hydrogens (primary N) is 3. The van der Waals surface area contributed by atoms with E-state index >= 15 is 0 Å². The van der Waals surface area contributed by atoms with Crippen LogP contribution in [0.5, 0.6) is 5.75 Å². The van der Waals surface area contributed by atoms with Crippen LogP contribution in [0, 0.1) is 0 Å². The molecule has 1 aromatic carbocycles. The molecule has 210 valence electrons. The lowest BCUT2D eigenvalue weighted by Gasteiger charge is -2.24. The number of nitrogens with zero attached hydrogens (tertiary/aromatic N) is 1. The second-order valence-electron chi connectivity index (χ2n) is 8.23. The number of aliphatic carboxylic acids is 2. The molecule has 0 aliphatic heterocycles. The average molecular weight is 540 g/mol. The molecule has 3 amide bonds. The molecule has 0 saturated heterocycles. The molecule has 0 radical (unpaired) electrons. The van der Waals surface area contributed by atoms with Crippen LogP contribution in [0.4, 0.5) is 0 Å². The van der Waals surface area contributed by atoms with Crippen molar-refractivity contribution in [2.24, 2.45) is 22.2 Å². The number of phenolic OH excluding ortho intramolecular Hbond substituents is 1. The van der Waals surface area contributed by atoms with E-state index in [2.05, 4.69) is 20.9 Å². The van der Waals surface area contributed by atoms with E-state index in [1.54, 1.807) is 0 Å². The summed E-state index contributed by atoms with van der Waals surface area (Å²) in [4.78, 5) is 64.1. The summed E-state index contributed by atoms with van der Waals surface area (Å²) in [5, 5.41) is 44.1. The molecular formula is C22H33N7O9. The van der Waals surface area contributed by atoms with Gasteiger partial charge in [0.2, 0.25) is 17.7 Å². The highest BCUT2D eigenvalue weighted by molar-refractivity contribution is 5.95. The number of rotatable bonds is 16. The van der Waals surface area contributed by atoms with Crippen LogP contribution >= 0.6 is 0 Å². The molecule has 4 atom stereocenters. The maximum absolute atomic E-state index is 13.0. The maximum atomic E-state index is 13.0. The molecule has 0 saturated carbocycles. The Labute approximate surface area is 217 Å². The number of hydrogen-bond donors (Lipinski definition) is 10. The number of guanidine groups is 1. The fourth-order valence-corrected chi connectivity index (χ4v) is 3.14. The zero-order chi connectivity index (χ0) is 28.8. The molecule has 0 aliphatic carbocycles. The second kappa shape index (κ2) is 15.6. The number of carboxylic acid groups (broad SMARTS) is 2. The Morgan fingerprint density at radius 3 is 1.95 bits per heavy atom. The summed E-state index contributed by atoms with van der Waals surface area (Å²) in [7, 11) is 0. The van der Waals surface area contributed by atoms with Gasteiger partial charge in [-0.1, -0.05) is 12.1 Å². The van der Waals surface area contributed by atoms with Gasteiger partial charge in [0.05, 0.1) is 19.1 Å². The zero-order valence-electron chi connectivity index (χ0n) is 20.4. The Morgan fingerprint density at radius 1 is 0.868 bits per heavy atom. The number of amides is 3. The Morgan fingerprint density at radius 2 is 1.42 bits per heavy atom. The smallest absolute Gasteiger partial charge is 0.326 e. The van der Waals surface area contributed by atoms with E-state index in [9.17, 15) is 39.3 Å². The first-order valence-corrected chi connectivity index (χ1v) is 11.4. The first kappa shape index (κ1) is 31.6. The van der Waals surface area contributed by atoms with Crippen molar-refractivity contribution in [1.29, 1.82) is 0 Å². The van der Waals surface area contributed by atoms with Gasteiger partial charge in [-0.05, 0) is 30.5 Å². The van der Waals surface area contributed by atoms with Crippen molar-refractivity contribution in [3.05, 3.63) is 29.8 Å². The van der Waals surface area contributed by atoms with Crippen LogP contribution in [0.2, 0.25) is 0 Å². The molecule has 0 spiro atoms. The predicted molar refractivity (Wildman–Crippen MR) is 132 cm³/mol. The average Bonchev–Trinajstić information content (AvgIpc) is 2.84. The highest BCUT2D eigenvalue weighted by Crippen LogP contribution is 2.12. The maximum Gasteiger partial charge on any atom is 0.326 e. The third kappa shape index (κ3) is 11.5. The molecule has 4 unspecified atom stereocenters. The standard InChI is InChI=1S/C22H33N7O9/c23-13(9-17(32)33)18(34)29-16(10-30)20(36)28-15(8-11-3-5-12(31)6-4-11)19(35)27-14(21(37)38)2-1-7-26-22(24)25/h3-6,13-16,30-31H,1-2,7-10,23H2,(H,27,35)(H,28,36)(H,29,34)(H,32,33)(H,37,38)(H4,24,25,26). The van der Waals surface area contributed by atoms with Gasteiger partial charge in [0.1, 0.15) is 23.9 Å². The van der Waals surface area contributed by atoms with Crippen molar-refractivity contribution in [1.82, 2.24) is 16.0 Å². The Hall–Kier alpha value is -4.44. The van der Waals surface area contributed by atoms with Gasteiger partial charge < -0.3 is 53.6 Å². The first-order valence-electron chi connectivity index (χ1n) is 11.4. The number of aliphatic hydroxyl groups is 1. The second-order valence-corrected chi connectivity index (χ2v) is 8.23. The van der Waals surface area contributed by atoms with Crippen LogP contribution in [0.1, 0.15) is 24.8 Å². The molecular weight excluding hydrogens is 506 g/mol. The van der Waals surface area contributed by atoms with Gasteiger partial charge in [0.25, 0.3) is 0 Å². The molecule has 1 aromatic rings. The lowest BCUT2D eigenvalue weighted by Crippen LogP contribution is -2.58. The number of aromatic hydroxyl groups is 1. The highest BCUT2D eigenvalue weighted by Gasteiger charge is 2.30. The number of phenols is 1. The van der Waals surface area contributed by atoms with Crippen LogP contribution in [0.15, 0.2) is 29.3 Å².